The highest BCUT2D eigenvalue weighted by Crippen LogP contribution is 2.36. The second kappa shape index (κ2) is 9.74. The third-order valence-electron chi connectivity index (χ3n) is 4.35. The van der Waals surface area contributed by atoms with E-state index in [1.54, 1.807) is 14.2 Å². The molecule has 0 unspecified atom stereocenters. The Balaban J connectivity index is 1.67. The molecule has 0 bridgehead atoms. The lowest BCUT2D eigenvalue weighted by Crippen LogP contribution is -2.40. The SMILES string of the molecule is COc1cccc(OC)c1OCCOCCN1C[C@@H](C)C[C@H](C)C1. The Labute approximate surface area is 145 Å². The Morgan fingerprint density at radius 2 is 1.58 bits per heavy atom. The van der Waals surface area contributed by atoms with Crippen LogP contribution in [0.15, 0.2) is 18.2 Å². The number of nitrogens with zero attached hydrogens (tertiary/aromatic N) is 1. The first kappa shape index (κ1) is 18.9. The van der Waals surface area contributed by atoms with E-state index in [1.165, 1.54) is 19.5 Å². The number of piperidine rings is 1. The van der Waals surface area contributed by atoms with Crippen LogP contribution >= 0.6 is 0 Å². The molecule has 0 amide bonds. The molecular weight excluding hydrogens is 306 g/mol. The van der Waals surface area contributed by atoms with Crippen LogP contribution in [0, 0.1) is 11.8 Å². The highest BCUT2D eigenvalue weighted by Gasteiger charge is 2.21. The Morgan fingerprint density at radius 1 is 0.958 bits per heavy atom. The number of hydrogen-bond acceptors (Lipinski definition) is 5. The number of likely N-dealkylation sites (tertiary alicyclic amines) is 1. The Hall–Kier alpha value is -1.46. The highest BCUT2D eigenvalue weighted by molar-refractivity contribution is 5.51. The molecule has 1 aromatic carbocycles. The zero-order valence-corrected chi connectivity index (χ0v) is 15.4. The second-order valence-corrected chi connectivity index (χ2v) is 6.66. The molecule has 0 N–H and O–H groups in total. The average Bonchev–Trinajstić information content (AvgIpc) is 2.56. The van der Waals surface area contributed by atoms with E-state index < -0.39 is 0 Å². The topological polar surface area (TPSA) is 40.2 Å². The Kier molecular flexibility index (Phi) is 7.66. The largest absolute Gasteiger partial charge is 0.493 e. The quantitative estimate of drug-likeness (QED) is 0.648. The van der Waals surface area contributed by atoms with Gasteiger partial charge in [-0.3, -0.25) is 0 Å². The van der Waals surface area contributed by atoms with Crippen LogP contribution in [0.25, 0.3) is 0 Å². The van der Waals surface area contributed by atoms with Gasteiger partial charge in [-0.15, -0.1) is 0 Å². The van der Waals surface area contributed by atoms with Crippen molar-refractivity contribution >= 4 is 0 Å². The lowest BCUT2D eigenvalue weighted by molar-refractivity contribution is 0.0587. The number of rotatable bonds is 9. The maximum atomic E-state index is 5.79. The van der Waals surface area contributed by atoms with E-state index in [9.17, 15) is 0 Å². The van der Waals surface area contributed by atoms with Gasteiger partial charge in [0.05, 0.1) is 27.4 Å². The average molecular weight is 337 g/mol. The Morgan fingerprint density at radius 3 is 2.17 bits per heavy atom. The first-order valence-corrected chi connectivity index (χ1v) is 8.78. The van der Waals surface area contributed by atoms with E-state index in [2.05, 4.69) is 18.7 Å². The Bertz CT molecular complexity index is 462. The van der Waals surface area contributed by atoms with E-state index in [4.69, 9.17) is 18.9 Å². The van der Waals surface area contributed by atoms with Crippen LogP contribution < -0.4 is 14.2 Å². The standard InChI is InChI=1S/C19H31NO4/c1-15-12-16(2)14-20(13-15)8-9-23-10-11-24-19-17(21-3)6-5-7-18(19)22-4/h5-7,15-16H,8-14H2,1-4H3/t15-,16-/m0/s1. The van der Waals surface area contributed by atoms with Crippen LogP contribution in [0.5, 0.6) is 17.2 Å². The maximum Gasteiger partial charge on any atom is 0.203 e. The first-order chi connectivity index (χ1) is 11.6. The summed E-state index contributed by atoms with van der Waals surface area (Å²) in [5.41, 5.74) is 0. The van der Waals surface area contributed by atoms with Crippen molar-refractivity contribution in [2.75, 3.05) is 53.7 Å². The van der Waals surface area contributed by atoms with Crippen LogP contribution in [0.2, 0.25) is 0 Å². The van der Waals surface area contributed by atoms with Gasteiger partial charge in [-0.1, -0.05) is 19.9 Å². The molecule has 5 heteroatoms. The number of hydrogen-bond donors (Lipinski definition) is 0. The summed E-state index contributed by atoms with van der Waals surface area (Å²) in [6.07, 6.45) is 1.34. The van der Waals surface area contributed by atoms with E-state index in [0.29, 0.717) is 30.5 Å². The summed E-state index contributed by atoms with van der Waals surface area (Å²) in [6, 6.07) is 5.59. The normalized spacial score (nSPS) is 21.5. The number of ether oxygens (including phenoxy) is 4. The summed E-state index contributed by atoms with van der Waals surface area (Å²) in [5.74, 6) is 3.55. The maximum absolute atomic E-state index is 5.79. The molecule has 1 aliphatic rings. The molecule has 1 fully saturated rings. The van der Waals surface area contributed by atoms with Crippen molar-refractivity contribution in [3.05, 3.63) is 18.2 Å². The second-order valence-electron chi connectivity index (χ2n) is 6.66. The number of para-hydroxylation sites is 1. The van der Waals surface area contributed by atoms with Crippen molar-refractivity contribution in [2.45, 2.75) is 20.3 Å². The van der Waals surface area contributed by atoms with Crippen LogP contribution in [-0.4, -0.2) is 58.6 Å². The van der Waals surface area contributed by atoms with E-state index in [0.717, 1.165) is 25.0 Å². The monoisotopic (exact) mass is 337 g/mol. The van der Waals surface area contributed by atoms with Crippen molar-refractivity contribution in [2.24, 2.45) is 11.8 Å². The molecule has 1 aliphatic heterocycles. The fourth-order valence-corrected chi connectivity index (χ4v) is 3.43. The molecule has 136 valence electrons. The lowest BCUT2D eigenvalue weighted by Gasteiger charge is -2.34. The van der Waals surface area contributed by atoms with Crippen molar-refractivity contribution in [3.8, 4) is 17.2 Å². The molecular formula is C19H31NO4. The molecule has 5 nitrogen and oxygen atoms in total. The van der Waals surface area contributed by atoms with E-state index in [-0.39, 0.29) is 0 Å². The molecule has 0 spiro atoms. The van der Waals surface area contributed by atoms with Gasteiger partial charge in [0.15, 0.2) is 11.5 Å². The summed E-state index contributed by atoms with van der Waals surface area (Å²) in [5, 5.41) is 0. The summed E-state index contributed by atoms with van der Waals surface area (Å²) < 4.78 is 22.1. The van der Waals surface area contributed by atoms with Gasteiger partial charge in [-0.2, -0.15) is 0 Å². The third-order valence-corrected chi connectivity index (χ3v) is 4.35. The zero-order valence-electron chi connectivity index (χ0n) is 15.4. The minimum absolute atomic E-state index is 0.476. The minimum atomic E-state index is 0.476. The third kappa shape index (κ3) is 5.56. The number of methoxy groups -OCH3 is 2. The van der Waals surface area contributed by atoms with Gasteiger partial charge in [0, 0.05) is 19.6 Å². The summed E-state index contributed by atoms with van der Waals surface area (Å²) in [4.78, 5) is 2.50. The van der Waals surface area contributed by atoms with E-state index >= 15 is 0 Å². The van der Waals surface area contributed by atoms with Gasteiger partial charge in [-0.25, -0.2) is 0 Å². The van der Waals surface area contributed by atoms with Crippen molar-refractivity contribution < 1.29 is 18.9 Å². The van der Waals surface area contributed by atoms with E-state index in [1.807, 2.05) is 18.2 Å². The summed E-state index contributed by atoms with van der Waals surface area (Å²) >= 11 is 0. The number of benzene rings is 1. The molecule has 2 atom stereocenters. The van der Waals surface area contributed by atoms with Gasteiger partial charge in [0.25, 0.3) is 0 Å². The molecule has 24 heavy (non-hydrogen) atoms. The lowest BCUT2D eigenvalue weighted by atomic mass is 9.92. The van der Waals surface area contributed by atoms with Gasteiger partial charge >= 0.3 is 0 Å². The van der Waals surface area contributed by atoms with Crippen LogP contribution in [0.3, 0.4) is 0 Å². The zero-order chi connectivity index (χ0) is 17.4. The van der Waals surface area contributed by atoms with Crippen molar-refractivity contribution in [1.29, 1.82) is 0 Å². The smallest absolute Gasteiger partial charge is 0.203 e. The van der Waals surface area contributed by atoms with Gasteiger partial charge in [0.1, 0.15) is 6.61 Å². The molecule has 0 radical (unpaired) electrons. The van der Waals surface area contributed by atoms with Gasteiger partial charge in [0.2, 0.25) is 5.75 Å². The molecule has 0 saturated carbocycles. The van der Waals surface area contributed by atoms with Gasteiger partial charge in [-0.05, 0) is 30.4 Å². The fourth-order valence-electron chi connectivity index (χ4n) is 3.43. The molecule has 2 rings (SSSR count). The molecule has 1 heterocycles. The molecule has 0 aromatic heterocycles. The van der Waals surface area contributed by atoms with Crippen molar-refractivity contribution in [1.82, 2.24) is 4.90 Å². The predicted octanol–water partition coefficient (Wildman–Crippen LogP) is 3.08. The first-order valence-electron chi connectivity index (χ1n) is 8.78. The molecule has 1 aromatic rings. The summed E-state index contributed by atoms with van der Waals surface area (Å²) in [6.45, 7) is 9.80. The summed E-state index contributed by atoms with van der Waals surface area (Å²) in [7, 11) is 3.25. The van der Waals surface area contributed by atoms with Crippen molar-refractivity contribution in [3.63, 3.8) is 0 Å². The minimum Gasteiger partial charge on any atom is -0.493 e. The highest BCUT2D eigenvalue weighted by atomic mass is 16.6. The fraction of sp³-hybridized carbons (Fsp3) is 0.684. The molecule has 0 aliphatic carbocycles. The predicted molar refractivity (Wildman–Crippen MR) is 95.2 cm³/mol. The van der Waals surface area contributed by atoms with Crippen LogP contribution in [0.1, 0.15) is 20.3 Å². The molecule has 1 saturated heterocycles. The van der Waals surface area contributed by atoms with Crippen LogP contribution in [0.4, 0.5) is 0 Å². The van der Waals surface area contributed by atoms with Crippen LogP contribution in [-0.2, 0) is 4.74 Å². The van der Waals surface area contributed by atoms with Gasteiger partial charge < -0.3 is 23.8 Å².